The molecule has 0 aromatic heterocycles. The molecule has 1 fully saturated rings. The number of imide groups is 1. The lowest BCUT2D eigenvalue weighted by atomic mass is 9.98. The number of unbranched alkanes of at least 4 members (excludes halogenated alkanes) is 1. The van der Waals surface area contributed by atoms with E-state index in [2.05, 4.69) is 13.8 Å². The molecule has 2 aliphatic rings. The molecule has 0 bridgehead atoms. The third-order valence-electron chi connectivity index (χ3n) is 4.29. The molecule has 0 spiro atoms. The number of hydrogen-bond donors (Lipinski definition) is 0. The van der Waals surface area contributed by atoms with Crippen LogP contribution in [0.3, 0.4) is 0 Å². The minimum atomic E-state index is -0.152. The van der Waals surface area contributed by atoms with Gasteiger partial charge in [0.15, 0.2) is 0 Å². The van der Waals surface area contributed by atoms with Crippen LogP contribution in [0, 0.1) is 17.8 Å². The number of carbonyl (C=O) groups excluding carboxylic acids is 2. The van der Waals surface area contributed by atoms with Crippen LogP contribution in [0.5, 0.6) is 0 Å². The highest BCUT2D eigenvalue weighted by Crippen LogP contribution is 2.35. The van der Waals surface area contributed by atoms with E-state index in [9.17, 15) is 9.59 Å². The van der Waals surface area contributed by atoms with Crippen molar-refractivity contribution >= 4 is 11.8 Å². The van der Waals surface area contributed by atoms with Crippen molar-refractivity contribution in [3.63, 3.8) is 0 Å². The van der Waals surface area contributed by atoms with Crippen molar-refractivity contribution in [2.24, 2.45) is 17.8 Å². The van der Waals surface area contributed by atoms with E-state index in [0.29, 0.717) is 12.5 Å². The molecular formula is C15H23NO2. The maximum atomic E-state index is 12.2. The van der Waals surface area contributed by atoms with Crippen LogP contribution < -0.4 is 0 Å². The summed E-state index contributed by atoms with van der Waals surface area (Å²) in [7, 11) is 0. The molecule has 0 N–H and O–H groups in total. The third-order valence-corrected chi connectivity index (χ3v) is 4.29. The SMILES string of the molecule is CCCCC(CC)CN1C(=O)[C@H]2CC=C[C@H]2C1=O. The first-order valence-electron chi connectivity index (χ1n) is 7.20. The summed E-state index contributed by atoms with van der Waals surface area (Å²) in [5, 5.41) is 0. The molecule has 100 valence electrons. The molecule has 0 aromatic carbocycles. The minimum Gasteiger partial charge on any atom is -0.282 e. The van der Waals surface area contributed by atoms with E-state index in [1.807, 2.05) is 12.2 Å². The van der Waals surface area contributed by atoms with Crippen LogP contribution in [0.25, 0.3) is 0 Å². The molecule has 1 aliphatic heterocycles. The molecule has 18 heavy (non-hydrogen) atoms. The van der Waals surface area contributed by atoms with Gasteiger partial charge in [0.05, 0.1) is 11.8 Å². The summed E-state index contributed by atoms with van der Waals surface area (Å²) in [4.78, 5) is 25.9. The molecule has 0 saturated carbocycles. The standard InChI is InChI=1S/C15H23NO2/c1-3-5-7-11(4-2)10-16-14(17)12-8-6-9-13(12)15(16)18/h6,8,11-13H,3-5,7,9-10H2,1-2H3/t11?,12-,13+/m1/s1. The van der Waals surface area contributed by atoms with Gasteiger partial charge in [-0.15, -0.1) is 0 Å². The Morgan fingerprint density at radius 3 is 2.72 bits per heavy atom. The van der Waals surface area contributed by atoms with Crippen LogP contribution >= 0.6 is 0 Å². The molecule has 1 aliphatic carbocycles. The lowest BCUT2D eigenvalue weighted by molar-refractivity contribution is -0.140. The summed E-state index contributed by atoms with van der Waals surface area (Å²) in [6.45, 7) is 4.95. The first kappa shape index (κ1) is 13.3. The number of amides is 2. The zero-order valence-corrected chi connectivity index (χ0v) is 11.4. The number of fused-ring (bicyclic) bond motifs is 1. The van der Waals surface area contributed by atoms with Crippen LogP contribution in [-0.4, -0.2) is 23.3 Å². The van der Waals surface area contributed by atoms with Crippen molar-refractivity contribution in [2.45, 2.75) is 46.0 Å². The quantitative estimate of drug-likeness (QED) is 0.536. The van der Waals surface area contributed by atoms with Gasteiger partial charge in [-0.25, -0.2) is 0 Å². The van der Waals surface area contributed by atoms with E-state index in [0.717, 1.165) is 19.3 Å². The monoisotopic (exact) mass is 249 g/mol. The first-order valence-corrected chi connectivity index (χ1v) is 7.20. The van der Waals surface area contributed by atoms with Crippen LogP contribution in [0.15, 0.2) is 12.2 Å². The second kappa shape index (κ2) is 5.68. The summed E-state index contributed by atoms with van der Waals surface area (Å²) in [5.41, 5.74) is 0. The third kappa shape index (κ3) is 2.36. The van der Waals surface area contributed by atoms with E-state index in [1.54, 1.807) is 0 Å². The molecular weight excluding hydrogens is 226 g/mol. The summed E-state index contributed by atoms with van der Waals surface area (Å²) >= 11 is 0. The zero-order chi connectivity index (χ0) is 13.1. The number of nitrogens with zero attached hydrogens (tertiary/aromatic N) is 1. The lowest BCUT2D eigenvalue weighted by Gasteiger charge is -2.22. The van der Waals surface area contributed by atoms with Gasteiger partial charge >= 0.3 is 0 Å². The van der Waals surface area contributed by atoms with Gasteiger partial charge in [-0.3, -0.25) is 14.5 Å². The van der Waals surface area contributed by atoms with Gasteiger partial charge in [-0.1, -0.05) is 45.3 Å². The van der Waals surface area contributed by atoms with Gasteiger partial charge in [0.2, 0.25) is 11.8 Å². The Balaban J connectivity index is 1.98. The zero-order valence-electron chi connectivity index (χ0n) is 11.4. The average Bonchev–Trinajstić information content (AvgIpc) is 2.93. The molecule has 0 aromatic rings. The molecule has 2 amide bonds. The maximum absolute atomic E-state index is 12.2. The van der Waals surface area contributed by atoms with Gasteiger partial charge < -0.3 is 0 Å². The van der Waals surface area contributed by atoms with Gasteiger partial charge in [0, 0.05) is 6.54 Å². The predicted molar refractivity (Wildman–Crippen MR) is 70.8 cm³/mol. The molecule has 0 radical (unpaired) electrons. The normalized spacial score (nSPS) is 28.0. The van der Waals surface area contributed by atoms with Crippen LogP contribution in [0.1, 0.15) is 46.0 Å². The number of rotatable bonds is 6. The van der Waals surface area contributed by atoms with Crippen molar-refractivity contribution in [1.82, 2.24) is 4.90 Å². The highest BCUT2D eigenvalue weighted by Gasteiger charge is 2.47. The van der Waals surface area contributed by atoms with Crippen molar-refractivity contribution < 1.29 is 9.59 Å². The highest BCUT2D eigenvalue weighted by atomic mass is 16.2. The largest absolute Gasteiger partial charge is 0.282 e. The summed E-state index contributed by atoms with van der Waals surface area (Å²) in [6, 6.07) is 0. The van der Waals surface area contributed by atoms with E-state index in [4.69, 9.17) is 0 Å². The van der Waals surface area contributed by atoms with Crippen molar-refractivity contribution in [1.29, 1.82) is 0 Å². The van der Waals surface area contributed by atoms with Gasteiger partial charge in [-0.05, 0) is 18.8 Å². The predicted octanol–water partition coefficient (Wildman–Crippen LogP) is 2.76. The summed E-state index contributed by atoms with van der Waals surface area (Å²) in [5.74, 6) is 0.335. The fourth-order valence-corrected chi connectivity index (χ4v) is 3.01. The summed E-state index contributed by atoms with van der Waals surface area (Å²) in [6.07, 6.45) is 9.15. The first-order chi connectivity index (χ1) is 8.69. The molecule has 3 heteroatoms. The van der Waals surface area contributed by atoms with Gasteiger partial charge in [0.25, 0.3) is 0 Å². The van der Waals surface area contributed by atoms with E-state index in [-0.39, 0.29) is 23.7 Å². The second-order valence-electron chi connectivity index (χ2n) is 5.50. The van der Waals surface area contributed by atoms with Gasteiger partial charge in [-0.2, -0.15) is 0 Å². The lowest BCUT2D eigenvalue weighted by Crippen LogP contribution is -2.35. The number of carbonyl (C=O) groups is 2. The van der Waals surface area contributed by atoms with Crippen LogP contribution in [0.2, 0.25) is 0 Å². The van der Waals surface area contributed by atoms with Crippen molar-refractivity contribution in [2.75, 3.05) is 6.54 Å². The summed E-state index contributed by atoms with van der Waals surface area (Å²) < 4.78 is 0. The number of hydrogen-bond acceptors (Lipinski definition) is 2. The van der Waals surface area contributed by atoms with Crippen molar-refractivity contribution in [3.8, 4) is 0 Å². The number of likely N-dealkylation sites (tertiary alicyclic amines) is 1. The topological polar surface area (TPSA) is 37.4 Å². The molecule has 3 nitrogen and oxygen atoms in total. The minimum absolute atomic E-state index is 0.0358. The number of allylic oxidation sites excluding steroid dienone is 1. The van der Waals surface area contributed by atoms with Crippen molar-refractivity contribution in [3.05, 3.63) is 12.2 Å². The molecule has 3 atom stereocenters. The molecule has 2 rings (SSSR count). The Labute approximate surface area is 109 Å². The average molecular weight is 249 g/mol. The Kier molecular flexibility index (Phi) is 4.20. The Morgan fingerprint density at radius 2 is 2.11 bits per heavy atom. The fraction of sp³-hybridized carbons (Fsp3) is 0.733. The Bertz CT molecular complexity index is 362. The Hall–Kier alpha value is -1.12. The van der Waals surface area contributed by atoms with E-state index < -0.39 is 0 Å². The second-order valence-corrected chi connectivity index (χ2v) is 5.50. The fourth-order valence-electron chi connectivity index (χ4n) is 3.01. The highest BCUT2D eigenvalue weighted by molar-refractivity contribution is 6.06. The van der Waals surface area contributed by atoms with E-state index >= 15 is 0 Å². The molecule has 1 heterocycles. The van der Waals surface area contributed by atoms with Crippen LogP contribution in [-0.2, 0) is 9.59 Å². The molecule has 1 saturated heterocycles. The van der Waals surface area contributed by atoms with Crippen LogP contribution in [0.4, 0.5) is 0 Å². The Morgan fingerprint density at radius 1 is 1.33 bits per heavy atom. The van der Waals surface area contributed by atoms with E-state index in [1.165, 1.54) is 17.7 Å². The molecule has 1 unspecified atom stereocenters. The maximum Gasteiger partial charge on any atom is 0.236 e. The smallest absolute Gasteiger partial charge is 0.236 e. The van der Waals surface area contributed by atoms with Gasteiger partial charge in [0.1, 0.15) is 0 Å².